The van der Waals surface area contributed by atoms with Gasteiger partial charge in [0.15, 0.2) is 0 Å². The Kier molecular flexibility index (Phi) is 5.17. The smallest absolute Gasteiger partial charge is 0.257 e. The Balaban J connectivity index is 1.76. The van der Waals surface area contributed by atoms with Crippen LogP contribution in [0.2, 0.25) is 0 Å². The Labute approximate surface area is 153 Å². The number of nitrogens with zero attached hydrogens (tertiary/aromatic N) is 1. The van der Waals surface area contributed by atoms with Crippen LogP contribution in [-0.4, -0.2) is 18.0 Å². The number of anilines is 3. The van der Waals surface area contributed by atoms with Crippen molar-refractivity contribution in [3.05, 3.63) is 77.6 Å². The first-order valence-electron chi connectivity index (χ1n) is 8.30. The minimum atomic E-state index is -0.227. The van der Waals surface area contributed by atoms with Crippen molar-refractivity contribution in [1.82, 2.24) is 4.98 Å². The molecule has 0 spiro atoms. The Morgan fingerprint density at radius 1 is 1.00 bits per heavy atom. The highest BCUT2D eigenvalue weighted by molar-refractivity contribution is 6.04. The van der Waals surface area contributed by atoms with Gasteiger partial charge >= 0.3 is 0 Å². The fraction of sp³-hybridized carbons (Fsp3) is 0.143. The molecule has 0 aliphatic rings. The van der Waals surface area contributed by atoms with Gasteiger partial charge in [-0.25, -0.2) is 0 Å². The molecular formula is C21H21N3O2. The molecule has 0 fully saturated rings. The third-order valence-electron chi connectivity index (χ3n) is 3.99. The first kappa shape index (κ1) is 17.5. The minimum Gasteiger partial charge on any atom is -0.497 e. The zero-order valence-electron chi connectivity index (χ0n) is 15.0. The maximum atomic E-state index is 12.5. The van der Waals surface area contributed by atoms with Gasteiger partial charge in [0.1, 0.15) is 5.75 Å². The van der Waals surface area contributed by atoms with Gasteiger partial charge in [0.25, 0.3) is 5.91 Å². The topological polar surface area (TPSA) is 63.2 Å². The lowest BCUT2D eigenvalue weighted by Gasteiger charge is -2.11. The number of carbonyl (C=O) groups excluding carboxylic acids is 1. The molecule has 1 heterocycles. The van der Waals surface area contributed by atoms with Crippen molar-refractivity contribution in [3.8, 4) is 5.75 Å². The SMILES string of the molecule is COc1cccc(NC(=O)c2cncc(Nc3ccc(C)cc3C)c2)c1. The lowest BCUT2D eigenvalue weighted by Crippen LogP contribution is -2.12. The van der Waals surface area contributed by atoms with Crippen LogP contribution in [0.3, 0.4) is 0 Å². The van der Waals surface area contributed by atoms with Crippen LogP contribution in [0.5, 0.6) is 5.75 Å². The monoisotopic (exact) mass is 347 g/mol. The molecule has 0 saturated carbocycles. The predicted octanol–water partition coefficient (Wildman–Crippen LogP) is 4.70. The average molecular weight is 347 g/mol. The highest BCUT2D eigenvalue weighted by atomic mass is 16.5. The number of hydrogen-bond acceptors (Lipinski definition) is 4. The predicted molar refractivity (Wildman–Crippen MR) is 104 cm³/mol. The van der Waals surface area contributed by atoms with Crippen molar-refractivity contribution in [2.45, 2.75) is 13.8 Å². The van der Waals surface area contributed by atoms with Crippen molar-refractivity contribution in [2.24, 2.45) is 0 Å². The Morgan fingerprint density at radius 3 is 2.62 bits per heavy atom. The molecule has 26 heavy (non-hydrogen) atoms. The van der Waals surface area contributed by atoms with E-state index in [0.29, 0.717) is 17.0 Å². The number of ether oxygens (including phenoxy) is 1. The molecule has 1 amide bonds. The summed E-state index contributed by atoms with van der Waals surface area (Å²) in [5.74, 6) is 0.459. The van der Waals surface area contributed by atoms with E-state index in [1.807, 2.05) is 37.3 Å². The Bertz CT molecular complexity index is 938. The first-order chi connectivity index (χ1) is 12.5. The normalized spacial score (nSPS) is 10.3. The number of carbonyl (C=O) groups is 1. The summed E-state index contributed by atoms with van der Waals surface area (Å²) in [5, 5.41) is 6.17. The number of aryl methyl sites for hydroxylation is 2. The molecule has 132 valence electrons. The van der Waals surface area contributed by atoms with Gasteiger partial charge < -0.3 is 15.4 Å². The molecule has 0 aliphatic heterocycles. The van der Waals surface area contributed by atoms with Crippen molar-refractivity contribution >= 4 is 23.0 Å². The molecule has 5 heteroatoms. The van der Waals surface area contributed by atoms with Crippen LogP contribution < -0.4 is 15.4 Å². The highest BCUT2D eigenvalue weighted by Crippen LogP contribution is 2.22. The molecular weight excluding hydrogens is 326 g/mol. The summed E-state index contributed by atoms with van der Waals surface area (Å²) < 4.78 is 5.17. The van der Waals surface area contributed by atoms with Gasteiger partial charge in [-0.3, -0.25) is 9.78 Å². The van der Waals surface area contributed by atoms with Gasteiger partial charge in [-0.05, 0) is 43.7 Å². The summed E-state index contributed by atoms with van der Waals surface area (Å²) in [6.07, 6.45) is 3.24. The lowest BCUT2D eigenvalue weighted by atomic mass is 10.1. The van der Waals surface area contributed by atoms with Gasteiger partial charge in [0.05, 0.1) is 24.6 Å². The second kappa shape index (κ2) is 7.70. The van der Waals surface area contributed by atoms with Crippen LogP contribution in [0.4, 0.5) is 17.1 Å². The summed E-state index contributed by atoms with van der Waals surface area (Å²) in [7, 11) is 1.59. The number of benzene rings is 2. The number of pyridine rings is 1. The summed E-state index contributed by atoms with van der Waals surface area (Å²) in [6.45, 7) is 4.10. The third kappa shape index (κ3) is 4.19. The van der Waals surface area contributed by atoms with Crippen molar-refractivity contribution in [3.63, 3.8) is 0 Å². The summed E-state index contributed by atoms with van der Waals surface area (Å²) in [4.78, 5) is 16.7. The number of amides is 1. The molecule has 0 bridgehead atoms. The molecule has 2 N–H and O–H groups in total. The largest absolute Gasteiger partial charge is 0.497 e. The molecule has 0 radical (unpaired) electrons. The Morgan fingerprint density at radius 2 is 1.85 bits per heavy atom. The van der Waals surface area contributed by atoms with Crippen LogP contribution >= 0.6 is 0 Å². The van der Waals surface area contributed by atoms with Crippen molar-refractivity contribution < 1.29 is 9.53 Å². The molecule has 0 aliphatic carbocycles. The molecule has 3 aromatic rings. The molecule has 2 aromatic carbocycles. The van der Waals surface area contributed by atoms with E-state index in [0.717, 1.165) is 16.9 Å². The summed E-state index contributed by atoms with van der Waals surface area (Å²) in [5.41, 5.74) is 5.23. The second-order valence-corrected chi connectivity index (χ2v) is 6.09. The van der Waals surface area contributed by atoms with E-state index in [2.05, 4.69) is 28.6 Å². The number of nitrogens with one attached hydrogen (secondary N) is 2. The van der Waals surface area contributed by atoms with Gasteiger partial charge in [0.2, 0.25) is 0 Å². The quantitative estimate of drug-likeness (QED) is 0.702. The first-order valence-corrected chi connectivity index (χ1v) is 8.30. The number of hydrogen-bond donors (Lipinski definition) is 2. The van der Waals surface area contributed by atoms with E-state index in [4.69, 9.17) is 4.74 Å². The number of rotatable bonds is 5. The van der Waals surface area contributed by atoms with E-state index in [-0.39, 0.29) is 5.91 Å². The van der Waals surface area contributed by atoms with Crippen LogP contribution in [0.1, 0.15) is 21.5 Å². The van der Waals surface area contributed by atoms with Gasteiger partial charge in [-0.2, -0.15) is 0 Å². The number of aromatic nitrogens is 1. The van der Waals surface area contributed by atoms with Crippen LogP contribution in [0, 0.1) is 13.8 Å². The maximum Gasteiger partial charge on any atom is 0.257 e. The fourth-order valence-electron chi connectivity index (χ4n) is 2.65. The van der Waals surface area contributed by atoms with Crippen molar-refractivity contribution in [1.29, 1.82) is 0 Å². The molecule has 5 nitrogen and oxygen atoms in total. The molecule has 0 saturated heterocycles. The van der Waals surface area contributed by atoms with E-state index in [1.165, 1.54) is 5.56 Å². The number of methoxy groups -OCH3 is 1. The van der Waals surface area contributed by atoms with Gasteiger partial charge in [0, 0.05) is 23.6 Å². The molecule has 1 aromatic heterocycles. The highest BCUT2D eigenvalue weighted by Gasteiger charge is 2.09. The van der Waals surface area contributed by atoms with Crippen LogP contribution in [0.15, 0.2) is 60.9 Å². The van der Waals surface area contributed by atoms with Crippen LogP contribution in [-0.2, 0) is 0 Å². The van der Waals surface area contributed by atoms with E-state index >= 15 is 0 Å². The average Bonchev–Trinajstić information content (AvgIpc) is 2.64. The maximum absolute atomic E-state index is 12.5. The zero-order chi connectivity index (χ0) is 18.5. The standard InChI is InChI=1S/C21H21N3O2/c1-14-7-8-20(15(2)9-14)23-18-10-16(12-22-13-18)21(25)24-17-5-4-6-19(11-17)26-3/h4-13,23H,1-3H3,(H,24,25). The van der Waals surface area contributed by atoms with E-state index in [9.17, 15) is 4.79 Å². The van der Waals surface area contributed by atoms with E-state index in [1.54, 1.807) is 31.6 Å². The molecule has 0 unspecified atom stereocenters. The minimum absolute atomic E-state index is 0.227. The molecule has 3 rings (SSSR count). The van der Waals surface area contributed by atoms with Gasteiger partial charge in [-0.1, -0.05) is 23.8 Å². The summed E-state index contributed by atoms with van der Waals surface area (Å²) >= 11 is 0. The zero-order valence-corrected chi connectivity index (χ0v) is 15.0. The van der Waals surface area contributed by atoms with Crippen LogP contribution in [0.25, 0.3) is 0 Å². The molecule has 0 atom stereocenters. The van der Waals surface area contributed by atoms with E-state index < -0.39 is 0 Å². The fourth-order valence-corrected chi connectivity index (χ4v) is 2.65. The van der Waals surface area contributed by atoms with Crippen molar-refractivity contribution in [2.75, 3.05) is 17.7 Å². The Hall–Kier alpha value is -3.34. The second-order valence-electron chi connectivity index (χ2n) is 6.09. The summed E-state index contributed by atoms with van der Waals surface area (Å²) in [6, 6.07) is 15.2. The third-order valence-corrected chi connectivity index (χ3v) is 3.99. The lowest BCUT2D eigenvalue weighted by molar-refractivity contribution is 0.102. The van der Waals surface area contributed by atoms with Gasteiger partial charge in [-0.15, -0.1) is 0 Å².